The third-order valence-corrected chi connectivity index (χ3v) is 2.51. The Morgan fingerprint density at radius 1 is 1.38 bits per heavy atom. The van der Waals surface area contributed by atoms with Crippen LogP contribution in [0.1, 0.15) is 26.2 Å². The quantitative estimate of drug-likeness (QED) is 0.339. The van der Waals surface area contributed by atoms with Gasteiger partial charge in [0, 0.05) is 19.0 Å². The number of hydrogen-bond acceptors (Lipinski definition) is 4. The summed E-state index contributed by atoms with van der Waals surface area (Å²) in [6, 6.07) is -0.0284. The third kappa shape index (κ3) is 9.48. The van der Waals surface area contributed by atoms with E-state index in [0.717, 1.165) is 6.42 Å². The highest BCUT2D eigenvalue weighted by atomic mass is 28.4. The zero-order valence-electron chi connectivity index (χ0n) is 7.79. The number of nitrogens with one attached hydrogen (secondary N) is 1. The third-order valence-electron chi connectivity index (χ3n) is 1.49. The van der Waals surface area contributed by atoms with E-state index in [2.05, 4.69) is 5.32 Å². The number of rotatable bonds is 6. The van der Waals surface area contributed by atoms with Gasteiger partial charge in [-0.15, -0.1) is 0 Å². The average Bonchev–Trinajstić information content (AvgIpc) is 1.97. The highest BCUT2D eigenvalue weighted by Crippen LogP contribution is 1.99. The Morgan fingerprint density at radius 2 is 2.00 bits per heavy atom. The zero-order chi connectivity index (χ0) is 10.3. The molecule has 0 spiro atoms. The molecule has 0 rings (SSSR count). The standard InChI is InChI=1S/C7H17NO4Si/c1-2-4-7(9)8-5-3-6-13(10,11)12/h10-12H,2-6H2,1H3,(H,8,9). The van der Waals surface area contributed by atoms with E-state index < -0.39 is 8.80 Å². The number of carbonyl (C=O) groups excluding carboxylic acids is 1. The van der Waals surface area contributed by atoms with Crippen molar-refractivity contribution in [2.75, 3.05) is 6.54 Å². The molecule has 0 heterocycles. The number of amides is 1. The molecule has 5 nitrogen and oxygen atoms in total. The summed E-state index contributed by atoms with van der Waals surface area (Å²) in [5, 5.41) is 2.61. The highest BCUT2D eigenvalue weighted by molar-refractivity contribution is 6.56. The lowest BCUT2D eigenvalue weighted by Crippen LogP contribution is -2.35. The van der Waals surface area contributed by atoms with Crippen LogP contribution in [0.25, 0.3) is 0 Å². The van der Waals surface area contributed by atoms with Crippen LogP contribution in [0.15, 0.2) is 0 Å². The first kappa shape index (κ1) is 12.6. The fraction of sp³-hybridized carbons (Fsp3) is 0.857. The maximum absolute atomic E-state index is 10.9. The maximum atomic E-state index is 10.9. The lowest BCUT2D eigenvalue weighted by molar-refractivity contribution is -0.121. The van der Waals surface area contributed by atoms with Crippen molar-refractivity contribution >= 4 is 14.7 Å². The molecule has 1 amide bonds. The van der Waals surface area contributed by atoms with Crippen LogP contribution in [0.3, 0.4) is 0 Å². The minimum absolute atomic E-state index is 0.0284. The molecule has 0 aliphatic rings. The predicted octanol–water partition coefficient (Wildman–Crippen LogP) is -0.791. The summed E-state index contributed by atoms with van der Waals surface area (Å²) in [7, 11) is -3.90. The Morgan fingerprint density at radius 3 is 2.46 bits per heavy atom. The summed E-state index contributed by atoms with van der Waals surface area (Å²) in [5.41, 5.74) is 0. The van der Waals surface area contributed by atoms with Gasteiger partial charge in [-0.1, -0.05) is 6.92 Å². The molecule has 0 aromatic carbocycles. The first-order valence-corrected chi connectivity index (χ1v) is 6.44. The van der Waals surface area contributed by atoms with Crippen LogP contribution in [0.2, 0.25) is 6.04 Å². The Labute approximate surface area is 78.8 Å². The van der Waals surface area contributed by atoms with Crippen LogP contribution in [-0.2, 0) is 4.79 Å². The molecule has 78 valence electrons. The summed E-state index contributed by atoms with van der Waals surface area (Å²) in [6.45, 7) is 2.29. The number of carbonyl (C=O) groups is 1. The monoisotopic (exact) mass is 207 g/mol. The molecule has 0 saturated carbocycles. The number of hydrogen-bond donors (Lipinski definition) is 4. The van der Waals surface area contributed by atoms with Crippen molar-refractivity contribution in [2.45, 2.75) is 32.2 Å². The molecule has 4 N–H and O–H groups in total. The van der Waals surface area contributed by atoms with Crippen molar-refractivity contribution in [1.82, 2.24) is 5.32 Å². The molecule has 0 atom stereocenters. The molecule has 0 aromatic rings. The Hall–Kier alpha value is -0.433. The smallest absolute Gasteiger partial charge is 0.390 e. The van der Waals surface area contributed by atoms with Gasteiger partial charge in [-0.25, -0.2) is 0 Å². The minimum Gasteiger partial charge on any atom is -0.390 e. The van der Waals surface area contributed by atoms with Gasteiger partial charge >= 0.3 is 8.80 Å². The van der Waals surface area contributed by atoms with Gasteiger partial charge in [-0.3, -0.25) is 4.79 Å². The Kier molecular flexibility index (Phi) is 5.88. The Balaban J connectivity index is 3.31. The fourth-order valence-electron chi connectivity index (χ4n) is 0.869. The van der Waals surface area contributed by atoms with E-state index >= 15 is 0 Å². The molecule has 0 aliphatic carbocycles. The van der Waals surface area contributed by atoms with Gasteiger partial charge in [0.1, 0.15) is 0 Å². The van der Waals surface area contributed by atoms with Crippen molar-refractivity contribution in [3.8, 4) is 0 Å². The van der Waals surface area contributed by atoms with Crippen LogP contribution in [0, 0.1) is 0 Å². The van der Waals surface area contributed by atoms with Crippen LogP contribution >= 0.6 is 0 Å². The molecule has 0 saturated heterocycles. The second-order valence-electron chi connectivity index (χ2n) is 2.98. The van der Waals surface area contributed by atoms with E-state index in [9.17, 15) is 4.79 Å². The van der Waals surface area contributed by atoms with Gasteiger partial charge in [-0.05, 0) is 12.8 Å². The van der Waals surface area contributed by atoms with Crippen molar-refractivity contribution in [3.63, 3.8) is 0 Å². The van der Waals surface area contributed by atoms with E-state index in [1.807, 2.05) is 6.92 Å². The topological polar surface area (TPSA) is 89.8 Å². The second-order valence-corrected chi connectivity index (χ2v) is 5.03. The highest BCUT2D eigenvalue weighted by Gasteiger charge is 2.25. The SMILES string of the molecule is CCCC(=O)NCCC[Si](O)(O)O. The molecular formula is C7H17NO4Si. The van der Waals surface area contributed by atoms with E-state index in [-0.39, 0.29) is 12.0 Å². The van der Waals surface area contributed by atoms with Gasteiger partial charge in [0.15, 0.2) is 0 Å². The summed E-state index contributed by atoms with van der Waals surface area (Å²) in [4.78, 5) is 36.8. The minimum atomic E-state index is -3.90. The molecule has 0 bridgehead atoms. The second kappa shape index (κ2) is 6.09. The first-order valence-electron chi connectivity index (χ1n) is 4.39. The van der Waals surface area contributed by atoms with Crippen molar-refractivity contribution in [2.24, 2.45) is 0 Å². The lowest BCUT2D eigenvalue weighted by Gasteiger charge is -2.09. The molecule has 0 aliphatic heterocycles. The van der Waals surface area contributed by atoms with Gasteiger partial charge in [-0.2, -0.15) is 0 Å². The zero-order valence-corrected chi connectivity index (χ0v) is 8.79. The van der Waals surface area contributed by atoms with E-state index in [1.54, 1.807) is 0 Å². The molecular weight excluding hydrogens is 190 g/mol. The van der Waals surface area contributed by atoms with E-state index in [0.29, 0.717) is 19.4 Å². The van der Waals surface area contributed by atoms with E-state index in [1.165, 1.54) is 0 Å². The largest absolute Gasteiger partial charge is 0.492 e. The summed E-state index contributed by atoms with van der Waals surface area (Å²) >= 11 is 0. The van der Waals surface area contributed by atoms with Gasteiger partial charge in [0.2, 0.25) is 5.91 Å². The lowest BCUT2D eigenvalue weighted by atomic mass is 10.3. The van der Waals surface area contributed by atoms with E-state index in [4.69, 9.17) is 14.4 Å². The molecule has 0 radical (unpaired) electrons. The van der Waals surface area contributed by atoms with Crippen molar-refractivity contribution in [1.29, 1.82) is 0 Å². The first-order chi connectivity index (χ1) is 5.95. The summed E-state index contributed by atoms with van der Waals surface area (Å²) in [6.07, 6.45) is 1.68. The summed E-state index contributed by atoms with van der Waals surface area (Å²) in [5.74, 6) is -0.0383. The van der Waals surface area contributed by atoms with Crippen LogP contribution in [0.5, 0.6) is 0 Å². The molecule has 6 heteroatoms. The predicted molar refractivity (Wildman–Crippen MR) is 49.8 cm³/mol. The normalized spacial score (nSPS) is 11.4. The van der Waals surface area contributed by atoms with Crippen LogP contribution in [-0.4, -0.2) is 35.6 Å². The van der Waals surface area contributed by atoms with Crippen LogP contribution in [0.4, 0.5) is 0 Å². The van der Waals surface area contributed by atoms with Gasteiger partial charge in [0.05, 0.1) is 0 Å². The Bertz CT molecular complexity index is 157. The maximum Gasteiger partial charge on any atom is 0.492 e. The molecule has 0 aromatic heterocycles. The van der Waals surface area contributed by atoms with Crippen LogP contribution < -0.4 is 5.32 Å². The van der Waals surface area contributed by atoms with Crippen molar-refractivity contribution < 1.29 is 19.2 Å². The fourth-order valence-corrected chi connectivity index (χ4v) is 1.52. The molecule has 0 fully saturated rings. The molecule has 0 unspecified atom stereocenters. The summed E-state index contributed by atoms with van der Waals surface area (Å²) < 4.78 is 0. The van der Waals surface area contributed by atoms with Crippen molar-refractivity contribution in [3.05, 3.63) is 0 Å². The average molecular weight is 207 g/mol. The van der Waals surface area contributed by atoms with Gasteiger partial charge < -0.3 is 19.7 Å². The van der Waals surface area contributed by atoms with Gasteiger partial charge in [0.25, 0.3) is 0 Å². The molecule has 13 heavy (non-hydrogen) atoms.